The van der Waals surface area contributed by atoms with E-state index in [4.69, 9.17) is 60.6 Å². The first-order valence-electron chi connectivity index (χ1n) is 14.6. The molecule has 2 atom stereocenters. The van der Waals surface area contributed by atoms with Crippen LogP contribution in [-0.4, -0.2) is 35.1 Å². The molecule has 0 amide bonds. The number of halogens is 4. The number of nitrogens with one attached hydrogen (secondary N) is 2. The Morgan fingerprint density at radius 3 is 1.93 bits per heavy atom. The van der Waals surface area contributed by atoms with Crippen LogP contribution in [-0.2, 0) is 47.8 Å². The first-order chi connectivity index (χ1) is 21.2. The first-order valence-corrected chi connectivity index (χ1v) is 16.1. The predicted molar refractivity (Wildman–Crippen MR) is 170 cm³/mol. The van der Waals surface area contributed by atoms with Gasteiger partial charge in [0.1, 0.15) is 11.2 Å². The van der Waals surface area contributed by atoms with Crippen LogP contribution in [0.2, 0.25) is 20.1 Å². The van der Waals surface area contributed by atoms with E-state index in [2.05, 4.69) is 9.97 Å². The standard InChI is InChI=1S/C33H26Cl4N2O5/c34-20-6-8-22(36)28-26(20)18-10-12-42-32(30(18)38-28,16-2-1-3-16)14-24(40)44-25(41)15-33(17-4-5-17)31-19(11-13-43-33)27-21(35)7-9-23(37)29(27)39-31/h1-3,6-9,17,38-39H,4-5,10-15H2. The van der Waals surface area contributed by atoms with E-state index >= 15 is 0 Å². The molecule has 2 aromatic heterocycles. The number of rotatable bonds is 6. The maximum absolute atomic E-state index is 13.6. The fourth-order valence-electron chi connectivity index (χ4n) is 7.30. The minimum atomic E-state index is -1.18. The second-order valence-corrected chi connectivity index (χ2v) is 13.5. The SMILES string of the molecule is O=C(CC1(C2=CC=C2)OCCc2c1[nH]c1c(Cl)ccc(Cl)c21)OC(=O)CC1(C2CC2)OCCc2c1[nH]c1c(Cl)ccc(Cl)c21. The summed E-state index contributed by atoms with van der Waals surface area (Å²) in [7, 11) is 0. The van der Waals surface area contributed by atoms with Gasteiger partial charge in [-0.15, -0.1) is 0 Å². The molecule has 0 bridgehead atoms. The lowest BCUT2D eigenvalue weighted by Crippen LogP contribution is -2.42. The normalized spacial score (nSPS) is 24.1. The molecule has 226 valence electrons. The van der Waals surface area contributed by atoms with E-state index in [9.17, 15) is 9.59 Å². The molecule has 2 N–H and O–H groups in total. The van der Waals surface area contributed by atoms with Crippen LogP contribution < -0.4 is 0 Å². The molecule has 2 unspecified atom stereocenters. The average Bonchev–Trinajstić information content (AvgIpc) is 3.61. The number of allylic oxidation sites excluding steroid dienone is 2. The summed E-state index contributed by atoms with van der Waals surface area (Å²) in [6.45, 7) is 0.758. The van der Waals surface area contributed by atoms with Crippen LogP contribution in [0.4, 0.5) is 0 Å². The van der Waals surface area contributed by atoms with E-state index in [-0.39, 0.29) is 18.8 Å². The Kier molecular flexibility index (Phi) is 6.76. The number of benzene rings is 2. The van der Waals surface area contributed by atoms with E-state index in [1.165, 1.54) is 0 Å². The van der Waals surface area contributed by atoms with E-state index in [0.29, 0.717) is 57.4 Å². The molecule has 2 aliphatic carbocycles. The van der Waals surface area contributed by atoms with Crippen LogP contribution in [0.15, 0.2) is 48.1 Å². The second-order valence-electron chi connectivity index (χ2n) is 11.9. The molecule has 4 aliphatic rings. The van der Waals surface area contributed by atoms with Crippen molar-refractivity contribution in [3.05, 3.63) is 90.7 Å². The van der Waals surface area contributed by atoms with Crippen molar-refractivity contribution >= 4 is 80.1 Å². The Hall–Kier alpha value is -2.78. The molecule has 1 fully saturated rings. The van der Waals surface area contributed by atoms with Gasteiger partial charge in [-0.1, -0.05) is 64.6 Å². The molecular formula is C33H26Cl4N2O5. The molecule has 11 heteroatoms. The lowest BCUT2D eigenvalue weighted by atomic mass is 9.79. The highest BCUT2D eigenvalue weighted by atomic mass is 35.5. The van der Waals surface area contributed by atoms with Gasteiger partial charge in [0.25, 0.3) is 0 Å². The lowest BCUT2D eigenvalue weighted by molar-refractivity contribution is -0.170. The number of carbonyl (C=O) groups excluding carboxylic acids is 2. The first kappa shape index (κ1) is 28.7. The van der Waals surface area contributed by atoms with Gasteiger partial charge in [0.05, 0.1) is 68.6 Å². The molecule has 8 rings (SSSR count). The number of hydrogen-bond donors (Lipinski definition) is 2. The van der Waals surface area contributed by atoms with Gasteiger partial charge in [-0.2, -0.15) is 0 Å². The molecule has 44 heavy (non-hydrogen) atoms. The zero-order valence-electron chi connectivity index (χ0n) is 23.3. The minimum absolute atomic E-state index is 0.0940. The van der Waals surface area contributed by atoms with Gasteiger partial charge in [0.2, 0.25) is 0 Å². The van der Waals surface area contributed by atoms with Crippen molar-refractivity contribution in [2.45, 2.75) is 49.7 Å². The Morgan fingerprint density at radius 1 is 0.795 bits per heavy atom. The van der Waals surface area contributed by atoms with Gasteiger partial charge in [0, 0.05) is 10.8 Å². The number of hydrogen-bond acceptors (Lipinski definition) is 5. The molecule has 2 aliphatic heterocycles. The van der Waals surface area contributed by atoms with E-state index in [0.717, 1.165) is 51.5 Å². The third-order valence-electron chi connectivity index (χ3n) is 9.44. The number of carbonyl (C=O) groups is 2. The largest absolute Gasteiger partial charge is 0.393 e. The fourth-order valence-corrected chi connectivity index (χ4v) is 8.26. The summed E-state index contributed by atoms with van der Waals surface area (Å²) in [6.07, 6.45) is 8.32. The summed E-state index contributed by atoms with van der Waals surface area (Å²) in [5, 5.41) is 3.86. The average molecular weight is 672 g/mol. The molecule has 0 saturated heterocycles. The third-order valence-corrected chi connectivity index (χ3v) is 10.7. The smallest absolute Gasteiger partial charge is 0.317 e. The number of H-pyrrole nitrogens is 2. The van der Waals surface area contributed by atoms with Gasteiger partial charge >= 0.3 is 11.9 Å². The van der Waals surface area contributed by atoms with Crippen molar-refractivity contribution in [3.63, 3.8) is 0 Å². The third kappa shape index (κ3) is 4.24. The Balaban J connectivity index is 1.11. The van der Waals surface area contributed by atoms with Crippen LogP contribution >= 0.6 is 46.4 Å². The van der Waals surface area contributed by atoms with Gasteiger partial charge < -0.3 is 24.2 Å². The van der Waals surface area contributed by atoms with Gasteiger partial charge in [0.15, 0.2) is 0 Å². The van der Waals surface area contributed by atoms with Crippen molar-refractivity contribution in [1.29, 1.82) is 0 Å². The van der Waals surface area contributed by atoms with Gasteiger partial charge in [-0.25, -0.2) is 0 Å². The van der Waals surface area contributed by atoms with Crippen LogP contribution in [0.3, 0.4) is 0 Å². The fraction of sp³-hybridized carbons (Fsp3) is 0.333. The van der Waals surface area contributed by atoms with Gasteiger partial charge in [-0.3, -0.25) is 9.59 Å². The summed E-state index contributed by atoms with van der Waals surface area (Å²) in [5.41, 5.74) is 3.45. The number of fused-ring (bicyclic) bond motifs is 6. The summed E-state index contributed by atoms with van der Waals surface area (Å²) >= 11 is 26.3. The minimum Gasteiger partial charge on any atom is -0.393 e. The van der Waals surface area contributed by atoms with E-state index in [1.807, 2.05) is 18.2 Å². The quantitative estimate of drug-likeness (QED) is 0.159. The highest BCUT2D eigenvalue weighted by Crippen LogP contribution is 2.55. The molecular weight excluding hydrogens is 646 g/mol. The Morgan fingerprint density at radius 2 is 1.34 bits per heavy atom. The summed E-state index contributed by atoms with van der Waals surface area (Å²) in [6, 6.07) is 7.02. The predicted octanol–water partition coefficient (Wildman–Crippen LogP) is 8.26. The van der Waals surface area contributed by atoms with Crippen molar-refractivity contribution < 1.29 is 23.8 Å². The highest BCUT2D eigenvalue weighted by molar-refractivity contribution is 6.41. The Labute approximate surface area is 272 Å². The summed E-state index contributed by atoms with van der Waals surface area (Å²) < 4.78 is 18.3. The zero-order valence-corrected chi connectivity index (χ0v) is 26.4. The van der Waals surface area contributed by atoms with Crippen molar-refractivity contribution in [3.8, 4) is 0 Å². The molecule has 1 saturated carbocycles. The molecule has 7 nitrogen and oxygen atoms in total. The number of esters is 2. The Bertz CT molecular complexity index is 1970. The monoisotopic (exact) mass is 670 g/mol. The zero-order chi connectivity index (χ0) is 30.4. The van der Waals surface area contributed by atoms with E-state index < -0.39 is 23.1 Å². The number of aromatic nitrogens is 2. The molecule has 4 heterocycles. The van der Waals surface area contributed by atoms with Crippen molar-refractivity contribution in [2.75, 3.05) is 13.2 Å². The maximum Gasteiger partial charge on any atom is 0.317 e. The molecule has 0 spiro atoms. The number of ether oxygens (including phenoxy) is 3. The van der Waals surface area contributed by atoms with Crippen LogP contribution in [0.5, 0.6) is 0 Å². The van der Waals surface area contributed by atoms with Gasteiger partial charge in [-0.05, 0) is 72.6 Å². The topological polar surface area (TPSA) is 93.4 Å². The second kappa shape index (κ2) is 10.4. The van der Waals surface area contributed by atoms with Crippen LogP contribution in [0, 0.1) is 5.92 Å². The molecule has 2 aromatic carbocycles. The van der Waals surface area contributed by atoms with Crippen LogP contribution in [0.1, 0.15) is 48.2 Å². The van der Waals surface area contributed by atoms with Crippen LogP contribution in [0.25, 0.3) is 21.8 Å². The van der Waals surface area contributed by atoms with Crippen molar-refractivity contribution in [1.82, 2.24) is 9.97 Å². The van der Waals surface area contributed by atoms with Crippen molar-refractivity contribution in [2.24, 2.45) is 5.92 Å². The van der Waals surface area contributed by atoms with E-state index in [1.54, 1.807) is 24.3 Å². The lowest BCUT2D eigenvalue weighted by Gasteiger charge is -2.39. The maximum atomic E-state index is 13.6. The molecule has 0 radical (unpaired) electrons. The molecule has 4 aromatic rings. The highest BCUT2D eigenvalue weighted by Gasteiger charge is 2.54. The number of aromatic amines is 2. The summed E-state index contributed by atoms with van der Waals surface area (Å²) in [4.78, 5) is 34.0. The summed E-state index contributed by atoms with van der Waals surface area (Å²) in [5.74, 6) is -1.28.